The number of phenolic OH excluding ortho intramolecular Hbond substituents is 1. The first-order valence-electron chi connectivity index (χ1n) is 8.12. The van der Waals surface area contributed by atoms with E-state index in [1.54, 1.807) is 36.4 Å². The van der Waals surface area contributed by atoms with Gasteiger partial charge in [0.05, 0.1) is 12.0 Å². The first-order chi connectivity index (χ1) is 13.4. The van der Waals surface area contributed by atoms with Crippen molar-refractivity contribution in [1.29, 1.82) is 0 Å². The average Bonchev–Trinajstić information content (AvgIpc) is 2.99. The fourth-order valence-corrected chi connectivity index (χ4v) is 3.04. The number of hydrogen-bond acceptors (Lipinski definition) is 7. The van der Waals surface area contributed by atoms with Gasteiger partial charge < -0.3 is 25.6 Å². The Bertz CT molecular complexity index is 970. The standard InChI is InChI=1S/C19H17N3O5S/c1-26-15-8-11(9-16-18(25)22-19(20)28-16)2-7-14(15)27-10-17(24)21-12-3-5-13(23)6-4-12/h2-9,23H,10H2,1H3,(H,21,24)(H2,20,22,25)/b16-9-. The first kappa shape index (κ1) is 19.3. The average molecular weight is 399 g/mol. The van der Waals surface area contributed by atoms with E-state index < -0.39 is 0 Å². The molecule has 2 aromatic rings. The number of carbonyl (C=O) groups excluding carboxylic acids is 2. The Hall–Kier alpha value is -3.46. The number of thioether (sulfide) groups is 1. The maximum atomic E-state index is 12.0. The Balaban J connectivity index is 1.64. The van der Waals surface area contributed by atoms with Crippen LogP contribution in [0, 0.1) is 0 Å². The third kappa shape index (κ3) is 4.83. The Morgan fingerprint density at radius 2 is 2.00 bits per heavy atom. The highest BCUT2D eigenvalue weighted by Gasteiger charge is 2.19. The normalized spacial score (nSPS) is 14.7. The van der Waals surface area contributed by atoms with Crippen LogP contribution in [0.2, 0.25) is 0 Å². The van der Waals surface area contributed by atoms with Crippen LogP contribution in [0.1, 0.15) is 5.56 Å². The van der Waals surface area contributed by atoms with E-state index in [0.717, 1.165) is 11.8 Å². The highest BCUT2D eigenvalue weighted by molar-refractivity contribution is 8.18. The summed E-state index contributed by atoms with van der Waals surface area (Å²) in [7, 11) is 1.48. The summed E-state index contributed by atoms with van der Waals surface area (Å²) in [6.07, 6.45) is 1.65. The molecule has 0 saturated carbocycles. The molecule has 1 aliphatic heterocycles. The second kappa shape index (κ2) is 8.49. The van der Waals surface area contributed by atoms with Crippen molar-refractivity contribution in [3.8, 4) is 17.2 Å². The van der Waals surface area contributed by atoms with Gasteiger partial charge in [0.2, 0.25) is 0 Å². The largest absolute Gasteiger partial charge is 0.508 e. The lowest BCUT2D eigenvalue weighted by Gasteiger charge is -2.12. The number of hydrogen-bond donors (Lipinski definition) is 3. The van der Waals surface area contributed by atoms with E-state index in [4.69, 9.17) is 15.2 Å². The molecule has 2 amide bonds. The number of nitrogens with one attached hydrogen (secondary N) is 1. The SMILES string of the molecule is COc1cc(/C=C2\SC(N)=NC2=O)ccc1OCC(=O)Nc1ccc(O)cc1. The van der Waals surface area contributed by atoms with Gasteiger partial charge in [-0.2, -0.15) is 4.99 Å². The van der Waals surface area contributed by atoms with Crippen molar-refractivity contribution in [2.24, 2.45) is 10.7 Å². The predicted molar refractivity (Wildman–Crippen MR) is 107 cm³/mol. The fourth-order valence-electron chi connectivity index (χ4n) is 2.36. The maximum Gasteiger partial charge on any atom is 0.286 e. The number of rotatable bonds is 6. The minimum atomic E-state index is -0.382. The number of carbonyl (C=O) groups is 2. The summed E-state index contributed by atoms with van der Waals surface area (Å²) < 4.78 is 10.8. The molecule has 0 aromatic heterocycles. The topological polar surface area (TPSA) is 123 Å². The summed E-state index contributed by atoms with van der Waals surface area (Å²) >= 11 is 1.10. The molecule has 0 bridgehead atoms. The summed E-state index contributed by atoms with van der Waals surface area (Å²) in [6.45, 7) is -0.226. The van der Waals surface area contributed by atoms with E-state index in [2.05, 4.69) is 10.3 Å². The zero-order chi connectivity index (χ0) is 20.1. The lowest BCUT2D eigenvalue weighted by molar-refractivity contribution is -0.118. The number of ether oxygens (including phenoxy) is 2. The molecule has 0 unspecified atom stereocenters. The number of anilines is 1. The minimum absolute atomic E-state index is 0.112. The summed E-state index contributed by atoms with van der Waals surface area (Å²) in [5, 5.41) is 12.1. The molecule has 1 heterocycles. The number of aliphatic imine (C=N–C) groups is 1. The first-order valence-corrected chi connectivity index (χ1v) is 8.94. The van der Waals surface area contributed by atoms with E-state index in [1.807, 2.05) is 0 Å². The van der Waals surface area contributed by atoms with E-state index in [1.165, 1.54) is 19.2 Å². The van der Waals surface area contributed by atoms with Crippen molar-refractivity contribution >= 4 is 40.5 Å². The van der Waals surface area contributed by atoms with Crippen LogP contribution in [0.25, 0.3) is 6.08 Å². The molecular weight excluding hydrogens is 382 g/mol. The zero-order valence-electron chi connectivity index (χ0n) is 14.8. The number of aromatic hydroxyl groups is 1. The van der Waals surface area contributed by atoms with Crippen LogP contribution in [-0.4, -0.2) is 35.8 Å². The fraction of sp³-hybridized carbons (Fsp3) is 0.105. The van der Waals surface area contributed by atoms with Crippen LogP contribution in [0.4, 0.5) is 5.69 Å². The number of nitrogens with zero attached hydrogens (tertiary/aromatic N) is 1. The molecule has 144 valence electrons. The second-order valence-corrected chi connectivity index (χ2v) is 6.72. The van der Waals surface area contributed by atoms with Crippen molar-refractivity contribution in [2.75, 3.05) is 19.0 Å². The molecular formula is C19H17N3O5S. The maximum absolute atomic E-state index is 12.0. The molecule has 4 N–H and O–H groups in total. The van der Waals surface area contributed by atoms with E-state index in [-0.39, 0.29) is 29.3 Å². The van der Waals surface area contributed by atoms with Crippen LogP contribution in [0.5, 0.6) is 17.2 Å². The van der Waals surface area contributed by atoms with Crippen molar-refractivity contribution < 1.29 is 24.2 Å². The van der Waals surface area contributed by atoms with Crippen molar-refractivity contribution in [1.82, 2.24) is 0 Å². The zero-order valence-corrected chi connectivity index (χ0v) is 15.7. The van der Waals surface area contributed by atoms with Gasteiger partial charge in [0.15, 0.2) is 23.3 Å². The molecule has 1 aliphatic rings. The summed E-state index contributed by atoms with van der Waals surface area (Å²) in [6, 6.07) is 11.2. The number of methoxy groups -OCH3 is 1. The van der Waals surface area contributed by atoms with Gasteiger partial charge >= 0.3 is 0 Å². The van der Waals surface area contributed by atoms with E-state index in [0.29, 0.717) is 27.7 Å². The summed E-state index contributed by atoms with van der Waals surface area (Å²) in [5.41, 5.74) is 6.79. The van der Waals surface area contributed by atoms with Crippen LogP contribution < -0.4 is 20.5 Å². The molecule has 0 fully saturated rings. The molecule has 0 saturated heterocycles. The quantitative estimate of drug-likeness (QED) is 0.503. The van der Waals surface area contributed by atoms with Gasteiger partial charge in [-0.1, -0.05) is 6.07 Å². The second-order valence-electron chi connectivity index (χ2n) is 5.66. The smallest absolute Gasteiger partial charge is 0.286 e. The van der Waals surface area contributed by atoms with Gasteiger partial charge in [0, 0.05) is 5.69 Å². The van der Waals surface area contributed by atoms with Crippen LogP contribution in [0.3, 0.4) is 0 Å². The lowest BCUT2D eigenvalue weighted by atomic mass is 10.2. The Morgan fingerprint density at radius 3 is 2.64 bits per heavy atom. The van der Waals surface area contributed by atoms with Crippen LogP contribution in [0.15, 0.2) is 52.4 Å². The van der Waals surface area contributed by atoms with Crippen LogP contribution >= 0.6 is 11.8 Å². The van der Waals surface area contributed by atoms with E-state index in [9.17, 15) is 14.7 Å². The molecule has 2 aromatic carbocycles. The molecule has 3 rings (SSSR count). The van der Waals surface area contributed by atoms with Gasteiger partial charge in [-0.3, -0.25) is 9.59 Å². The van der Waals surface area contributed by atoms with Crippen molar-refractivity contribution in [3.05, 3.63) is 52.9 Å². The number of amidine groups is 1. The van der Waals surface area contributed by atoms with Crippen LogP contribution in [-0.2, 0) is 9.59 Å². The number of benzene rings is 2. The molecule has 8 nitrogen and oxygen atoms in total. The number of nitrogens with two attached hydrogens (primary N) is 1. The Kier molecular flexibility index (Phi) is 5.85. The third-order valence-corrected chi connectivity index (χ3v) is 4.45. The van der Waals surface area contributed by atoms with Gasteiger partial charge in [-0.15, -0.1) is 0 Å². The summed E-state index contributed by atoms with van der Waals surface area (Å²) in [5.74, 6) is 0.163. The van der Waals surface area contributed by atoms with E-state index >= 15 is 0 Å². The highest BCUT2D eigenvalue weighted by Crippen LogP contribution is 2.31. The van der Waals surface area contributed by atoms with Gasteiger partial charge in [0.1, 0.15) is 5.75 Å². The molecule has 0 aliphatic carbocycles. The predicted octanol–water partition coefficient (Wildman–Crippen LogP) is 2.35. The van der Waals surface area contributed by atoms with Gasteiger partial charge in [-0.05, 0) is 59.8 Å². The molecule has 0 atom stereocenters. The van der Waals surface area contributed by atoms with Crippen molar-refractivity contribution in [3.63, 3.8) is 0 Å². The number of phenols is 1. The summed E-state index contributed by atoms with van der Waals surface area (Å²) in [4.78, 5) is 27.8. The molecule has 28 heavy (non-hydrogen) atoms. The Morgan fingerprint density at radius 1 is 1.25 bits per heavy atom. The molecule has 0 radical (unpaired) electrons. The minimum Gasteiger partial charge on any atom is -0.508 e. The molecule has 0 spiro atoms. The molecule has 9 heteroatoms. The monoisotopic (exact) mass is 399 g/mol. The lowest BCUT2D eigenvalue weighted by Crippen LogP contribution is -2.20. The van der Waals surface area contributed by atoms with Crippen molar-refractivity contribution in [2.45, 2.75) is 0 Å². The Labute approximate surface area is 165 Å². The number of amides is 2. The third-order valence-electron chi connectivity index (χ3n) is 3.63. The van der Waals surface area contributed by atoms with Gasteiger partial charge in [-0.25, -0.2) is 0 Å². The van der Waals surface area contributed by atoms with Gasteiger partial charge in [0.25, 0.3) is 11.8 Å². The highest BCUT2D eigenvalue weighted by atomic mass is 32.2.